The average Bonchev–Trinajstić information content (AvgIpc) is 3.19. The van der Waals surface area contributed by atoms with Crippen LogP contribution in [-0.2, 0) is 0 Å². The van der Waals surface area contributed by atoms with Gasteiger partial charge in [0.05, 0.1) is 23.5 Å². The Bertz CT molecular complexity index is 858. The fraction of sp³-hybridized carbons (Fsp3) is 0.125. The zero-order valence-corrected chi connectivity index (χ0v) is 13.1. The monoisotopic (exact) mass is 327 g/mol. The van der Waals surface area contributed by atoms with Crippen molar-refractivity contribution in [3.63, 3.8) is 0 Å². The summed E-state index contributed by atoms with van der Waals surface area (Å²) in [6.45, 7) is 0.205. The number of hydrogen-bond acceptors (Lipinski definition) is 7. The van der Waals surface area contributed by atoms with Gasteiger partial charge >= 0.3 is 0 Å². The van der Waals surface area contributed by atoms with Crippen LogP contribution < -0.4 is 19.6 Å². The molecule has 1 N–H and O–H groups in total. The van der Waals surface area contributed by atoms with Crippen molar-refractivity contribution in [3.05, 3.63) is 42.0 Å². The zero-order valence-electron chi connectivity index (χ0n) is 12.3. The number of para-hydroxylation sites is 1. The lowest BCUT2D eigenvalue weighted by Crippen LogP contribution is -1.93. The summed E-state index contributed by atoms with van der Waals surface area (Å²) in [6, 6.07) is 11.7. The molecule has 0 saturated carbocycles. The molecule has 3 aromatic rings. The maximum absolute atomic E-state index is 5.39. The second kappa shape index (κ2) is 5.77. The maximum Gasteiger partial charge on any atom is 0.231 e. The van der Waals surface area contributed by atoms with Gasteiger partial charge < -0.3 is 14.2 Å². The number of fused-ring (bicyclic) bond motifs is 2. The van der Waals surface area contributed by atoms with Gasteiger partial charge in [0.15, 0.2) is 11.5 Å². The van der Waals surface area contributed by atoms with E-state index in [2.05, 4.69) is 15.5 Å². The molecule has 0 saturated heterocycles. The highest BCUT2D eigenvalue weighted by molar-refractivity contribution is 7.22. The van der Waals surface area contributed by atoms with Crippen LogP contribution in [0.5, 0.6) is 17.2 Å². The lowest BCUT2D eigenvalue weighted by atomic mass is 10.2. The molecule has 116 valence electrons. The van der Waals surface area contributed by atoms with E-state index in [9.17, 15) is 0 Å². The Labute approximate surface area is 136 Å². The lowest BCUT2D eigenvalue weighted by Gasteiger charge is -2.05. The molecule has 0 atom stereocenters. The van der Waals surface area contributed by atoms with Crippen LogP contribution in [0.3, 0.4) is 0 Å². The van der Waals surface area contributed by atoms with Crippen molar-refractivity contribution in [1.82, 2.24) is 4.98 Å². The van der Waals surface area contributed by atoms with Crippen molar-refractivity contribution in [1.29, 1.82) is 0 Å². The van der Waals surface area contributed by atoms with Gasteiger partial charge in [-0.1, -0.05) is 23.5 Å². The highest BCUT2D eigenvalue weighted by atomic mass is 32.1. The van der Waals surface area contributed by atoms with Gasteiger partial charge in [0.1, 0.15) is 0 Å². The van der Waals surface area contributed by atoms with Crippen LogP contribution in [0.2, 0.25) is 0 Å². The van der Waals surface area contributed by atoms with E-state index >= 15 is 0 Å². The van der Waals surface area contributed by atoms with Gasteiger partial charge in [-0.25, -0.2) is 4.98 Å². The van der Waals surface area contributed by atoms with Gasteiger partial charge in [0.2, 0.25) is 17.7 Å². The molecule has 2 aromatic carbocycles. The summed E-state index contributed by atoms with van der Waals surface area (Å²) in [5.74, 6) is 1.91. The third kappa shape index (κ3) is 2.66. The van der Waals surface area contributed by atoms with E-state index in [-0.39, 0.29) is 6.79 Å². The summed E-state index contributed by atoms with van der Waals surface area (Å²) in [6.07, 6.45) is 1.69. The van der Waals surface area contributed by atoms with Gasteiger partial charge in [-0.3, -0.25) is 5.43 Å². The number of anilines is 1. The molecule has 0 aliphatic carbocycles. The molecule has 1 aliphatic heterocycles. The van der Waals surface area contributed by atoms with E-state index in [1.165, 1.54) is 0 Å². The fourth-order valence-corrected chi connectivity index (χ4v) is 3.12. The summed E-state index contributed by atoms with van der Waals surface area (Å²) in [4.78, 5) is 4.46. The number of ether oxygens (including phenoxy) is 3. The first-order valence-corrected chi connectivity index (χ1v) is 7.77. The first-order valence-electron chi connectivity index (χ1n) is 6.96. The number of methoxy groups -OCH3 is 1. The molecule has 2 heterocycles. The fourth-order valence-electron chi connectivity index (χ4n) is 2.31. The average molecular weight is 327 g/mol. The molecule has 0 unspecified atom stereocenters. The van der Waals surface area contributed by atoms with Crippen molar-refractivity contribution >= 4 is 32.9 Å². The molecule has 0 amide bonds. The van der Waals surface area contributed by atoms with Crippen LogP contribution in [0.25, 0.3) is 10.2 Å². The number of thiazole rings is 1. The normalized spacial score (nSPS) is 12.9. The molecule has 0 spiro atoms. The highest BCUT2D eigenvalue weighted by Crippen LogP contribution is 2.41. The number of nitrogens with zero attached hydrogens (tertiary/aromatic N) is 2. The Kier molecular flexibility index (Phi) is 3.47. The second-order valence-corrected chi connectivity index (χ2v) is 5.84. The summed E-state index contributed by atoms with van der Waals surface area (Å²) in [5.41, 5.74) is 4.76. The largest absolute Gasteiger partial charge is 0.493 e. The first-order chi connectivity index (χ1) is 11.3. The predicted molar refractivity (Wildman–Crippen MR) is 90.0 cm³/mol. The Morgan fingerprint density at radius 1 is 1.30 bits per heavy atom. The van der Waals surface area contributed by atoms with E-state index < -0.39 is 0 Å². The third-order valence-corrected chi connectivity index (χ3v) is 4.29. The van der Waals surface area contributed by atoms with E-state index in [4.69, 9.17) is 14.2 Å². The maximum atomic E-state index is 5.39. The molecule has 1 aromatic heterocycles. The minimum Gasteiger partial charge on any atom is -0.493 e. The predicted octanol–water partition coefficient (Wildman–Crippen LogP) is 3.48. The molecule has 23 heavy (non-hydrogen) atoms. The van der Waals surface area contributed by atoms with Crippen LogP contribution in [0.15, 0.2) is 41.5 Å². The van der Waals surface area contributed by atoms with Gasteiger partial charge in [-0.15, -0.1) is 0 Å². The Hall–Kier alpha value is -2.80. The van der Waals surface area contributed by atoms with Crippen molar-refractivity contribution < 1.29 is 14.2 Å². The standard InChI is InChI=1S/C16H13N3O3S/c1-20-12-6-10(7-13-15(12)22-9-21-13)8-17-19-16-18-11-4-2-3-5-14(11)23-16/h2-8H,9H2,1H3,(H,18,19)/b17-8-. The number of benzene rings is 2. The first kappa shape index (κ1) is 13.8. The number of aromatic nitrogens is 1. The van der Waals surface area contributed by atoms with Crippen molar-refractivity contribution in [3.8, 4) is 17.2 Å². The number of hydrazone groups is 1. The minimum atomic E-state index is 0.205. The van der Waals surface area contributed by atoms with E-state index in [1.807, 2.05) is 36.4 Å². The van der Waals surface area contributed by atoms with Gasteiger partial charge in [0.25, 0.3) is 0 Å². The van der Waals surface area contributed by atoms with Crippen LogP contribution in [-0.4, -0.2) is 25.1 Å². The zero-order chi connectivity index (χ0) is 15.6. The molecule has 0 bridgehead atoms. The van der Waals surface area contributed by atoms with Crippen LogP contribution in [0, 0.1) is 0 Å². The van der Waals surface area contributed by atoms with Gasteiger partial charge in [-0.05, 0) is 24.3 Å². The molecule has 7 heteroatoms. The topological polar surface area (TPSA) is 65.0 Å². The van der Waals surface area contributed by atoms with Gasteiger partial charge in [0, 0.05) is 5.56 Å². The Morgan fingerprint density at radius 2 is 2.22 bits per heavy atom. The highest BCUT2D eigenvalue weighted by Gasteiger charge is 2.19. The summed E-state index contributed by atoms with van der Waals surface area (Å²) in [5, 5.41) is 4.97. The molecular formula is C16H13N3O3S. The lowest BCUT2D eigenvalue weighted by molar-refractivity contribution is 0.171. The van der Waals surface area contributed by atoms with Crippen LogP contribution >= 0.6 is 11.3 Å². The molecule has 4 rings (SSSR count). The van der Waals surface area contributed by atoms with Crippen molar-refractivity contribution in [2.45, 2.75) is 0 Å². The summed E-state index contributed by atoms with van der Waals surface area (Å²) < 4.78 is 17.2. The Balaban J connectivity index is 1.54. The Morgan fingerprint density at radius 3 is 3.09 bits per heavy atom. The van der Waals surface area contributed by atoms with Crippen LogP contribution in [0.1, 0.15) is 5.56 Å². The molecule has 6 nitrogen and oxygen atoms in total. The van der Waals surface area contributed by atoms with Crippen LogP contribution in [0.4, 0.5) is 5.13 Å². The second-order valence-electron chi connectivity index (χ2n) is 4.81. The molecular weight excluding hydrogens is 314 g/mol. The quantitative estimate of drug-likeness (QED) is 0.587. The number of rotatable bonds is 4. The third-order valence-electron chi connectivity index (χ3n) is 3.35. The van der Waals surface area contributed by atoms with Crippen molar-refractivity contribution in [2.24, 2.45) is 5.10 Å². The number of hydrogen-bond donors (Lipinski definition) is 1. The van der Waals surface area contributed by atoms with Crippen molar-refractivity contribution in [2.75, 3.05) is 19.3 Å². The smallest absolute Gasteiger partial charge is 0.231 e. The van der Waals surface area contributed by atoms with Gasteiger partial charge in [-0.2, -0.15) is 5.10 Å². The van der Waals surface area contributed by atoms with E-state index in [0.717, 1.165) is 20.9 Å². The SMILES string of the molecule is COc1cc(/C=N\Nc2nc3ccccc3s2)cc2c1OCO2. The minimum absolute atomic E-state index is 0.205. The molecule has 0 fully saturated rings. The van der Waals surface area contributed by atoms with E-state index in [0.29, 0.717) is 17.2 Å². The number of nitrogens with one attached hydrogen (secondary N) is 1. The summed E-state index contributed by atoms with van der Waals surface area (Å²) in [7, 11) is 1.59. The molecule has 0 radical (unpaired) electrons. The van der Waals surface area contributed by atoms with E-state index in [1.54, 1.807) is 24.7 Å². The molecule has 1 aliphatic rings. The summed E-state index contributed by atoms with van der Waals surface area (Å²) >= 11 is 1.55.